The zero-order chi connectivity index (χ0) is 20.8. The van der Waals surface area contributed by atoms with Crippen molar-refractivity contribution in [1.29, 1.82) is 0 Å². The second kappa shape index (κ2) is 6.97. The van der Waals surface area contributed by atoms with Crippen LogP contribution in [-0.4, -0.2) is 29.0 Å². The van der Waals surface area contributed by atoms with Crippen molar-refractivity contribution in [2.24, 2.45) is 12.1 Å². The summed E-state index contributed by atoms with van der Waals surface area (Å²) in [5, 5.41) is 8.14. The summed E-state index contributed by atoms with van der Waals surface area (Å²) < 4.78 is 56.9. The fourth-order valence-corrected chi connectivity index (χ4v) is 3.41. The molecule has 29 heavy (non-hydrogen) atoms. The summed E-state index contributed by atoms with van der Waals surface area (Å²) in [6.07, 6.45) is 1.66. The highest BCUT2D eigenvalue weighted by atomic mass is 19.3. The third-order valence-corrected chi connectivity index (χ3v) is 4.80. The maximum atomic E-state index is 14.8. The van der Waals surface area contributed by atoms with Crippen LogP contribution < -0.4 is 4.59 Å². The normalized spacial score (nSPS) is 18.5. The zero-order valence-electron chi connectivity index (χ0n) is 15.7. The first kappa shape index (κ1) is 19.1. The molecule has 0 spiro atoms. The van der Waals surface area contributed by atoms with E-state index < -0.39 is 18.1 Å². The molecule has 0 saturated carbocycles. The number of allylic oxidation sites excluding steroid dienone is 1. The van der Waals surface area contributed by atoms with Crippen LogP contribution in [0.5, 0.6) is 0 Å². The molecule has 4 rings (SSSR count). The van der Waals surface area contributed by atoms with Crippen molar-refractivity contribution in [3.63, 3.8) is 0 Å². The molecule has 148 valence electrons. The Morgan fingerprint density at radius 1 is 1.03 bits per heavy atom. The molecule has 2 aromatic carbocycles. The van der Waals surface area contributed by atoms with Crippen LogP contribution in [0, 0.1) is 11.6 Å². The minimum Gasteiger partial charge on any atom is -0.275 e. The average Bonchev–Trinajstić information content (AvgIpc) is 3.28. The number of hydrogen-bond acceptors (Lipinski definition) is 2. The number of quaternary nitrogens is 1. The predicted molar refractivity (Wildman–Crippen MR) is 104 cm³/mol. The average molecular weight is 401 g/mol. The molecule has 0 saturated heterocycles. The Labute approximate surface area is 164 Å². The molecule has 1 unspecified atom stereocenters. The maximum absolute atomic E-state index is 14.8. The van der Waals surface area contributed by atoms with Crippen molar-refractivity contribution in [1.82, 2.24) is 14.4 Å². The summed E-state index contributed by atoms with van der Waals surface area (Å²) in [5.41, 5.74) is 0.920. The number of hydrogen-bond donors (Lipinski definition) is 0. The number of para-hydroxylation sites is 1. The smallest absolute Gasteiger partial charge is 0.275 e. The Morgan fingerprint density at radius 3 is 2.31 bits per heavy atom. The van der Waals surface area contributed by atoms with Crippen LogP contribution in [0.4, 0.5) is 23.2 Å². The van der Waals surface area contributed by atoms with Gasteiger partial charge < -0.3 is 0 Å². The molecule has 0 radical (unpaired) electrons. The molecule has 1 aromatic heterocycles. The summed E-state index contributed by atoms with van der Waals surface area (Å²) >= 11 is 0. The van der Waals surface area contributed by atoms with Crippen molar-refractivity contribution >= 4 is 11.4 Å². The quantitative estimate of drug-likeness (QED) is 0.441. The van der Waals surface area contributed by atoms with Gasteiger partial charge in [0, 0.05) is 31.0 Å². The largest absolute Gasteiger partial charge is 0.285 e. The highest BCUT2D eigenvalue weighted by Gasteiger charge is 2.34. The van der Waals surface area contributed by atoms with Crippen LogP contribution in [0.15, 0.2) is 66.0 Å². The molecule has 4 nitrogen and oxygen atoms in total. The van der Waals surface area contributed by atoms with Crippen molar-refractivity contribution in [3.8, 4) is 22.4 Å². The Bertz CT molecular complexity index is 1130. The predicted octanol–water partition coefficient (Wildman–Crippen LogP) is 5.12. The van der Waals surface area contributed by atoms with Crippen LogP contribution in [0.2, 0.25) is 0 Å². The van der Waals surface area contributed by atoms with Crippen LogP contribution in [0.25, 0.3) is 22.4 Å². The first-order valence-electron chi connectivity index (χ1n) is 8.81. The Morgan fingerprint density at radius 2 is 1.72 bits per heavy atom. The van der Waals surface area contributed by atoms with E-state index in [9.17, 15) is 17.6 Å². The van der Waals surface area contributed by atoms with E-state index >= 15 is 0 Å². The van der Waals surface area contributed by atoms with E-state index in [1.807, 2.05) is 0 Å². The lowest BCUT2D eigenvalue weighted by atomic mass is 9.99. The molecule has 1 atom stereocenters. The fraction of sp³-hybridized carbons (Fsp3) is 0.143. The molecule has 8 heteroatoms. The van der Waals surface area contributed by atoms with E-state index in [0.717, 1.165) is 0 Å². The Balaban J connectivity index is 1.83. The molecular weight excluding hydrogens is 384 g/mol. The third kappa shape index (κ3) is 3.36. The molecule has 0 N–H and O–H groups in total. The second-order valence-electron chi connectivity index (χ2n) is 6.87. The van der Waals surface area contributed by atoms with Gasteiger partial charge >= 0.3 is 0 Å². The number of alkyl halides is 2. The SMILES string of the molecule is Cn1ccc(-c2c(F)cc(-c3ccccc3[N+]3(C)C=CC(C(F)F)=N3)cc2F)n1. The standard InChI is InChI=1S/C21H17F4N4/c1-28-9-7-17(26-28)20-15(22)11-13(12-16(20)23)14-5-3-4-6-19(14)29(2)10-8-18(27-29)21(24)25/h3-12,21H,1-2H3/q+1. The van der Waals surface area contributed by atoms with Gasteiger partial charge in [-0.25, -0.2) is 17.6 Å². The van der Waals surface area contributed by atoms with E-state index in [4.69, 9.17) is 0 Å². The van der Waals surface area contributed by atoms with Crippen LogP contribution >= 0.6 is 0 Å². The summed E-state index contributed by atoms with van der Waals surface area (Å²) in [6, 6.07) is 10.8. The lowest BCUT2D eigenvalue weighted by Crippen LogP contribution is -2.31. The van der Waals surface area contributed by atoms with E-state index in [1.54, 1.807) is 44.6 Å². The summed E-state index contributed by atoms with van der Waals surface area (Å²) in [5.74, 6) is -1.52. The van der Waals surface area contributed by atoms with E-state index in [1.165, 1.54) is 35.2 Å². The lowest BCUT2D eigenvalue weighted by molar-refractivity contribution is 0.225. The minimum atomic E-state index is -2.70. The van der Waals surface area contributed by atoms with Gasteiger partial charge in [0.15, 0.2) is 11.4 Å². The molecule has 3 aromatic rings. The van der Waals surface area contributed by atoms with Gasteiger partial charge in [-0.2, -0.15) is 5.10 Å². The molecule has 0 amide bonds. The number of halogens is 4. The van der Waals surface area contributed by atoms with E-state index in [0.29, 0.717) is 11.3 Å². The molecule has 1 aliphatic heterocycles. The number of aromatic nitrogens is 2. The highest BCUT2D eigenvalue weighted by molar-refractivity contribution is 6.00. The first-order valence-corrected chi connectivity index (χ1v) is 8.81. The van der Waals surface area contributed by atoms with Gasteiger partial charge in [-0.15, -0.1) is 4.59 Å². The second-order valence-corrected chi connectivity index (χ2v) is 6.87. The number of nitrogens with zero attached hydrogens (tertiary/aromatic N) is 4. The monoisotopic (exact) mass is 401 g/mol. The number of benzene rings is 2. The third-order valence-electron chi connectivity index (χ3n) is 4.80. The van der Waals surface area contributed by atoms with Gasteiger partial charge in [0.25, 0.3) is 6.43 Å². The molecule has 0 aliphatic carbocycles. The highest BCUT2D eigenvalue weighted by Crippen LogP contribution is 2.39. The minimum absolute atomic E-state index is 0.190. The number of rotatable bonds is 4. The number of aryl methyl sites for hydroxylation is 1. The van der Waals surface area contributed by atoms with Crippen LogP contribution in [0.3, 0.4) is 0 Å². The van der Waals surface area contributed by atoms with Gasteiger partial charge in [-0.05, 0) is 29.8 Å². The Hall–Kier alpha value is -3.26. The molecule has 0 fully saturated rings. The summed E-state index contributed by atoms with van der Waals surface area (Å²) in [4.78, 5) is 0. The summed E-state index contributed by atoms with van der Waals surface area (Å²) in [7, 11) is 3.28. The van der Waals surface area contributed by atoms with Crippen molar-refractivity contribution in [2.45, 2.75) is 6.43 Å². The molecule has 2 heterocycles. The van der Waals surface area contributed by atoms with Gasteiger partial charge in [-0.1, -0.05) is 17.2 Å². The first-order chi connectivity index (χ1) is 13.8. The van der Waals surface area contributed by atoms with Gasteiger partial charge in [0.05, 0.1) is 11.3 Å². The van der Waals surface area contributed by atoms with Gasteiger partial charge in [0.2, 0.25) is 0 Å². The van der Waals surface area contributed by atoms with Crippen LogP contribution in [0.1, 0.15) is 0 Å². The zero-order valence-corrected chi connectivity index (χ0v) is 15.7. The maximum Gasteiger partial charge on any atom is 0.285 e. The topological polar surface area (TPSA) is 30.2 Å². The lowest BCUT2D eigenvalue weighted by Gasteiger charge is -2.23. The molecule has 0 bridgehead atoms. The van der Waals surface area contributed by atoms with Crippen LogP contribution in [-0.2, 0) is 7.05 Å². The summed E-state index contributed by atoms with van der Waals surface area (Å²) in [6.45, 7) is 0. The van der Waals surface area contributed by atoms with Crippen molar-refractivity contribution in [3.05, 3.63) is 72.6 Å². The Kier molecular flexibility index (Phi) is 4.58. The van der Waals surface area contributed by atoms with Crippen molar-refractivity contribution < 1.29 is 17.6 Å². The molecule has 1 aliphatic rings. The van der Waals surface area contributed by atoms with Gasteiger partial charge in [0.1, 0.15) is 24.9 Å². The van der Waals surface area contributed by atoms with E-state index in [2.05, 4.69) is 10.2 Å². The van der Waals surface area contributed by atoms with Crippen molar-refractivity contribution in [2.75, 3.05) is 7.05 Å². The van der Waals surface area contributed by atoms with Gasteiger partial charge in [-0.3, -0.25) is 4.68 Å². The van der Waals surface area contributed by atoms with E-state index in [-0.39, 0.29) is 27.1 Å². The fourth-order valence-electron chi connectivity index (χ4n) is 3.41. The molecular formula is C21H17F4N4+.